The van der Waals surface area contributed by atoms with Crippen molar-refractivity contribution in [3.05, 3.63) is 23.0 Å². The van der Waals surface area contributed by atoms with E-state index in [9.17, 15) is 0 Å². The average Bonchev–Trinajstić information content (AvgIpc) is 2.70. The molecule has 1 N–H and O–H groups in total. The first kappa shape index (κ1) is 22.4. The van der Waals surface area contributed by atoms with Crippen molar-refractivity contribution in [1.82, 2.24) is 15.2 Å². The van der Waals surface area contributed by atoms with E-state index in [4.69, 9.17) is 19.2 Å². The number of nitrogens with one attached hydrogen (secondary N) is 1. The number of hydrogen-bond donors (Lipinski definition) is 1. The molecule has 2 rings (SSSR count). The molecule has 0 aromatic carbocycles. The fraction of sp³-hybridized carbons (Fsp3) is 0.714. The third kappa shape index (κ3) is 6.34. The molecular weight excluding hydrogens is 356 g/mol. The lowest BCUT2D eigenvalue weighted by molar-refractivity contribution is 0.00990. The zero-order valence-corrected chi connectivity index (χ0v) is 18.1. The van der Waals surface area contributed by atoms with Gasteiger partial charge in [-0.15, -0.1) is 0 Å². The van der Waals surface area contributed by atoms with Crippen molar-refractivity contribution >= 4 is 5.96 Å². The highest BCUT2D eigenvalue weighted by Gasteiger charge is 2.22. The molecule has 7 heteroatoms. The van der Waals surface area contributed by atoms with Gasteiger partial charge in [0.2, 0.25) is 0 Å². The lowest BCUT2D eigenvalue weighted by Crippen LogP contribution is -2.47. The molecular formula is C21H36N4O3. The van der Waals surface area contributed by atoms with Gasteiger partial charge >= 0.3 is 0 Å². The number of aryl methyl sites for hydroxylation is 1. The van der Waals surface area contributed by atoms with Crippen molar-refractivity contribution in [1.29, 1.82) is 0 Å². The zero-order valence-electron chi connectivity index (χ0n) is 18.1. The third-order valence-corrected chi connectivity index (χ3v) is 5.05. The number of aliphatic imine (C=N–C) groups is 1. The molecule has 1 fully saturated rings. The zero-order chi connectivity index (χ0) is 20.4. The molecule has 0 atom stereocenters. The maximum Gasteiger partial charge on any atom is 0.194 e. The molecule has 1 aromatic rings. The fourth-order valence-electron chi connectivity index (χ4n) is 3.49. The molecule has 1 saturated heterocycles. The van der Waals surface area contributed by atoms with Gasteiger partial charge in [0.25, 0.3) is 0 Å². The summed E-state index contributed by atoms with van der Waals surface area (Å²) in [6, 6.07) is 0. The molecule has 1 aromatic heterocycles. The molecule has 7 nitrogen and oxygen atoms in total. The molecule has 28 heavy (non-hydrogen) atoms. The van der Waals surface area contributed by atoms with E-state index in [0.29, 0.717) is 12.6 Å². The van der Waals surface area contributed by atoms with E-state index in [2.05, 4.69) is 22.1 Å². The van der Waals surface area contributed by atoms with E-state index < -0.39 is 0 Å². The lowest BCUT2D eigenvalue weighted by Gasteiger charge is -2.34. The Hall–Kier alpha value is -1.86. The number of ether oxygens (including phenoxy) is 3. The Labute approximate surface area is 169 Å². The van der Waals surface area contributed by atoms with Crippen LogP contribution in [0.4, 0.5) is 0 Å². The summed E-state index contributed by atoms with van der Waals surface area (Å²) in [6.45, 7) is 11.0. The van der Waals surface area contributed by atoms with Crippen LogP contribution >= 0.6 is 0 Å². The third-order valence-electron chi connectivity index (χ3n) is 5.05. The van der Waals surface area contributed by atoms with Crippen molar-refractivity contribution < 1.29 is 14.2 Å². The average molecular weight is 393 g/mol. The number of pyridine rings is 1. The normalized spacial score (nSPS) is 15.8. The Morgan fingerprint density at radius 1 is 1.25 bits per heavy atom. The summed E-state index contributed by atoms with van der Waals surface area (Å²) in [4.78, 5) is 11.7. The summed E-state index contributed by atoms with van der Waals surface area (Å²) in [6.07, 6.45) is 5.18. The Balaban J connectivity index is 1.95. The standard InChI is InChI=1S/C21H36N4O3/c1-6-22-21(24-15-19-17(3)20(27-5)16(2)14-23-19)25-10-8-18(9-11-25)28-13-7-12-26-4/h14,18H,6-13,15H2,1-5H3,(H,22,24). The topological polar surface area (TPSA) is 68.2 Å². The quantitative estimate of drug-likeness (QED) is 0.396. The van der Waals surface area contributed by atoms with Crippen LogP contribution in [0.1, 0.15) is 43.0 Å². The summed E-state index contributed by atoms with van der Waals surface area (Å²) >= 11 is 0. The van der Waals surface area contributed by atoms with E-state index >= 15 is 0 Å². The van der Waals surface area contributed by atoms with Gasteiger partial charge in [0, 0.05) is 57.3 Å². The fourth-order valence-corrected chi connectivity index (χ4v) is 3.49. The van der Waals surface area contributed by atoms with Crippen molar-refractivity contribution in [3.63, 3.8) is 0 Å². The van der Waals surface area contributed by atoms with Crippen LogP contribution < -0.4 is 10.1 Å². The SMILES string of the molecule is CCNC(=NCc1ncc(C)c(OC)c1C)N1CCC(OCCCOC)CC1. The van der Waals surface area contributed by atoms with Gasteiger partial charge in [-0.25, -0.2) is 4.99 Å². The minimum Gasteiger partial charge on any atom is -0.496 e. The highest BCUT2D eigenvalue weighted by Crippen LogP contribution is 2.24. The summed E-state index contributed by atoms with van der Waals surface area (Å²) in [7, 11) is 3.43. The van der Waals surface area contributed by atoms with E-state index in [-0.39, 0.29) is 0 Å². The Kier molecular flexibility index (Phi) is 9.50. The molecule has 0 unspecified atom stereocenters. The molecule has 158 valence electrons. The van der Waals surface area contributed by atoms with E-state index in [1.807, 2.05) is 20.0 Å². The highest BCUT2D eigenvalue weighted by molar-refractivity contribution is 5.80. The maximum absolute atomic E-state index is 5.96. The number of aromatic nitrogens is 1. The minimum absolute atomic E-state index is 0.334. The number of likely N-dealkylation sites (tertiary alicyclic amines) is 1. The predicted molar refractivity (Wildman–Crippen MR) is 112 cm³/mol. The van der Waals surface area contributed by atoms with Crippen LogP contribution in [-0.4, -0.2) is 69.0 Å². The Morgan fingerprint density at radius 3 is 2.64 bits per heavy atom. The minimum atomic E-state index is 0.334. The van der Waals surface area contributed by atoms with E-state index in [1.165, 1.54) is 0 Å². The van der Waals surface area contributed by atoms with Gasteiger partial charge in [0.1, 0.15) is 5.75 Å². The molecule has 1 aliphatic rings. The first-order valence-electron chi connectivity index (χ1n) is 10.2. The van der Waals surface area contributed by atoms with Gasteiger partial charge < -0.3 is 24.4 Å². The predicted octanol–water partition coefficient (Wildman–Crippen LogP) is 2.69. The van der Waals surface area contributed by atoms with Crippen molar-refractivity contribution in [2.24, 2.45) is 4.99 Å². The van der Waals surface area contributed by atoms with Crippen LogP contribution in [0.2, 0.25) is 0 Å². The van der Waals surface area contributed by atoms with Crippen LogP contribution in [0.3, 0.4) is 0 Å². The molecule has 0 bridgehead atoms. The van der Waals surface area contributed by atoms with Crippen LogP contribution in [0.5, 0.6) is 5.75 Å². The smallest absolute Gasteiger partial charge is 0.194 e. The van der Waals surface area contributed by atoms with Crippen molar-refractivity contribution in [3.8, 4) is 5.75 Å². The molecule has 0 saturated carbocycles. The molecule has 2 heterocycles. The van der Waals surface area contributed by atoms with Crippen molar-refractivity contribution in [2.75, 3.05) is 47.1 Å². The van der Waals surface area contributed by atoms with Crippen LogP contribution in [0.25, 0.3) is 0 Å². The first-order chi connectivity index (χ1) is 13.6. The maximum atomic E-state index is 5.96. The van der Waals surface area contributed by atoms with Gasteiger partial charge in [0.05, 0.1) is 25.5 Å². The number of methoxy groups -OCH3 is 2. The molecule has 1 aliphatic heterocycles. The Morgan fingerprint density at radius 2 is 2.00 bits per heavy atom. The number of piperidine rings is 1. The lowest BCUT2D eigenvalue weighted by atomic mass is 10.1. The number of nitrogens with zero attached hydrogens (tertiary/aromatic N) is 3. The van der Waals surface area contributed by atoms with Crippen LogP contribution in [0.15, 0.2) is 11.2 Å². The highest BCUT2D eigenvalue weighted by atomic mass is 16.5. The summed E-state index contributed by atoms with van der Waals surface area (Å²) in [5.74, 6) is 1.85. The number of hydrogen-bond acceptors (Lipinski definition) is 5. The van der Waals surface area contributed by atoms with Gasteiger partial charge in [0.15, 0.2) is 5.96 Å². The summed E-state index contributed by atoms with van der Waals surface area (Å²) < 4.78 is 16.5. The van der Waals surface area contributed by atoms with Crippen LogP contribution in [0, 0.1) is 13.8 Å². The summed E-state index contributed by atoms with van der Waals surface area (Å²) in [5, 5.41) is 3.42. The number of guanidine groups is 1. The number of rotatable bonds is 9. The molecule has 0 radical (unpaired) electrons. The molecule has 0 aliphatic carbocycles. The van der Waals surface area contributed by atoms with Crippen LogP contribution in [-0.2, 0) is 16.0 Å². The summed E-state index contributed by atoms with van der Waals surface area (Å²) in [5.41, 5.74) is 3.06. The molecule has 0 spiro atoms. The second kappa shape index (κ2) is 11.9. The monoisotopic (exact) mass is 392 g/mol. The van der Waals surface area contributed by atoms with Gasteiger partial charge in [-0.05, 0) is 40.0 Å². The van der Waals surface area contributed by atoms with E-state index in [1.54, 1.807) is 14.2 Å². The largest absolute Gasteiger partial charge is 0.496 e. The molecule has 0 amide bonds. The van der Waals surface area contributed by atoms with E-state index in [0.717, 1.165) is 80.6 Å². The second-order valence-electron chi connectivity index (χ2n) is 7.12. The van der Waals surface area contributed by atoms with Crippen molar-refractivity contribution in [2.45, 2.75) is 52.7 Å². The van der Waals surface area contributed by atoms with Gasteiger partial charge in [-0.3, -0.25) is 4.98 Å². The Bertz CT molecular complexity index is 628. The first-order valence-corrected chi connectivity index (χ1v) is 10.2. The van der Waals surface area contributed by atoms with Gasteiger partial charge in [-0.2, -0.15) is 0 Å². The second-order valence-corrected chi connectivity index (χ2v) is 7.12. The van der Waals surface area contributed by atoms with Gasteiger partial charge in [-0.1, -0.05) is 0 Å².